The first-order chi connectivity index (χ1) is 8.45. The zero-order valence-corrected chi connectivity index (χ0v) is 10.1. The first-order valence-electron chi connectivity index (χ1n) is 7.28. The fraction of sp³-hybridized carbons (Fsp3) is 0.625. The van der Waals surface area contributed by atoms with Gasteiger partial charge in [-0.2, -0.15) is 0 Å². The molecule has 3 aliphatic carbocycles. The summed E-state index contributed by atoms with van der Waals surface area (Å²) in [6.07, 6.45) is 6.16. The number of hydrogen-bond donors (Lipinski definition) is 0. The van der Waals surface area contributed by atoms with Crippen LogP contribution >= 0.6 is 0 Å². The second-order valence-corrected chi connectivity index (χ2v) is 6.55. The van der Waals surface area contributed by atoms with Crippen LogP contribution in [0, 0.1) is 23.7 Å². The highest BCUT2D eigenvalue weighted by atomic mass is 15.4. The summed E-state index contributed by atoms with van der Waals surface area (Å²) < 4.78 is 0. The van der Waals surface area contributed by atoms with E-state index >= 15 is 0 Å². The lowest BCUT2D eigenvalue weighted by molar-refractivity contribution is 0.292. The van der Waals surface area contributed by atoms with E-state index in [1.54, 1.807) is 6.42 Å². The Morgan fingerprint density at radius 1 is 0.824 bits per heavy atom. The van der Waals surface area contributed by atoms with Crippen LogP contribution in [0.4, 0.5) is 5.69 Å². The Kier molecular flexibility index (Phi) is 1.53. The minimum absolute atomic E-state index is 0.932. The van der Waals surface area contributed by atoms with Crippen LogP contribution in [0.1, 0.15) is 25.7 Å². The third kappa shape index (κ3) is 0.978. The minimum atomic E-state index is 0.932. The average Bonchev–Trinajstić information content (AvgIpc) is 2.73. The molecule has 6 atom stereocenters. The Labute approximate surface area is 103 Å². The predicted octanol–water partition coefficient (Wildman–Crippen LogP) is 3.31. The zero-order chi connectivity index (χ0) is 11.0. The monoisotopic (exact) mass is 225 g/mol. The molecule has 0 unspecified atom stereocenters. The summed E-state index contributed by atoms with van der Waals surface area (Å²) in [6.45, 7) is 0. The maximum Gasteiger partial charge on any atom is 0.0531 e. The molecule has 0 spiro atoms. The molecule has 1 aliphatic heterocycles. The van der Waals surface area contributed by atoms with Gasteiger partial charge < -0.3 is 4.90 Å². The van der Waals surface area contributed by atoms with E-state index in [0.29, 0.717) is 0 Å². The largest absolute Gasteiger partial charge is 0.361 e. The quantitative estimate of drug-likeness (QED) is 0.663. The number of nitrogens with zero attached hydrogens (tertiary/aromatic N) is 1. The lowest BCUT2D eigenvalue weighted by Crippen LogP contribution is -2.22. The van der Waals surface area contributed by atoms with Crippen molar-refractivity contribution in [1.82, 2.24) is 0 Å². The van der Waals surface area contributed by atoms with Crippen molar-refractivity contribution in [2.75, 3.05) is 4.90 Å². The Hall–Kier alpha value is -0.980. The Morgan fingerprint density at radius 3 is 2.12 bits per heavy atom. The average molecular weight is 225 g/mol. The fourth-order valence-electron chi connectivity index (χ4n) is 5.66. The van der Waals surface area contributed by atoms with Crippen molar-refractivity contribution in [3.63, 3.8) is 0 Å². The first kappa shape index (κ1) is 9.02. The molecule has 1 heterocycles. The molecule has 88 valence electrons. The fourth-order valence-corrected chi connectivity index (χ4v) is 5.66. The van der Waals surface area contributed by atoms with Crippen molar-refractivity contribution in [2.24, 2.45) is 23.7 Å². The summed E-state index contributed by atoms with van der Waals surface area (Å²) in [5, 5.41) is 0. The van der Waals surface area contributed by atoms with E-state index in [9.17, 15) is 0 Å². The van der Waals surface area contributed by atoms with Crippen molar-refractivity contribution in [2.45, 2.75) is 37.8 Å². The van der Waals surface area contributed by atoms with Crippen molar-refractivity contribution < 1.29 is 0 Å². The molecule has 5 rings (SSSR count). The van der Waals surface area contributed by atoms with E-state index < -0.39 is 0 Å². The normalized spacial score (nSPS) is 49.3. The molecule has 1 nitrogen and oxygen atoms in total. The third-order valence-electron chi connectivity index (χ3n) is 6.10. The zero-order valence-electron chi connectivity index (χ0n) is 10.1. The van der Waals surface area contributed by atoms with Gasteiger partial charge in [0, 0.05) is 5.69 Å². The maximum absolute atomic E-state index is 2.73. The molecule has 0 N–H and O–H groups in total. The minimum Gasteiger partial charge on any atom is -0.361 e. The molecule has 1 aromatic carbocycles. The van der Waals surface area contributed by atoms with Crippen LogP contribution in [0.2, 0.25) is 0 Å². The van der Waals surface area contributed by atoms with Crippen LogP contribution in [0.15, 0.2) is 30.3 Å². The van der Waals surface area contributed by atoms with E-state index in [0.717, 1.165) is 35.8 Å². The van der Waals surface area contributed by atoms with Crippen molar-refractivity contribution in [3.05, 3.63) is 30.3 Å². The molecule has 4 aliphatic rings. The molecule has 0 amide bonds. The van der Waals surface area contributed by atoms with Crippen molar-refractivity contribution >= 4 is 5.69 Å². The molecule has 0 radical (unpaired) electrons. The van der Waals surface area contributed by atoms with Gasteiger partial charge in [-0.1, -0.05) is 24.6 Å². The summed E-state index contributed by atoms with van der Waals surface area (Å²) in [4.78, 5) is 2.73. The van der Waals surface area contributed by atoms with Crippen molar-refractivity contribution in [1.29, 1.82) is 0 Å². The lowest BCUT2D eigenvalue weighted by Gasteiger charge is -2.21. The van der Waals surface area contributed by atoms with E-state index in [4.69, 9.17) is 0 Å². The molecular formula is C16H19N. The third-order valence-corrected chi connectivity index (χ3v) is 6.10. The number of hydrogen-bond acceptors (Lipinski definition) is 1. The second-order valence-electron chi connectivity index (χ2n) is 6.55. The smallest absolute Gasteiger partial charge is 0.0531 e. The highest BCUT2D eigenvalue weighted by Gasteiger charge is 2.70. The van der Waals surface area contributed by atoms with Crippen LogP contribution < -0.4 is 4.90 Å². The summed E-state index contributed by atoms with van der Waals surface area (Å²) in [7, 11) is 0. The standard InChI is InChI=1S/C16H19N/c1-2-5-10(6-3-1)17-15-13-9-14(16(15)17)12-8-4-7-11(12)13/h1-3,5-6,11-16H,4,7-9H2/t11-,12-,13+,14+,15-,16+,17?/m0/s1. The lowest BCUT2D eigenvalue weighted by atomic mass is 9.82. The summed E-state index contributed by atoms with van der Waals surface area (Å²) in [5.41, 5.74) is 1.48. The van der Waals surface area contributed by atoms with Gasteiger partial charge in [0.2, 0.25) is 0 Å². The van der Waals surface area contributed by atoms with Gasteiger partial charge in [0.25, 0.3) is 0 Å². The number of fused-ring (bicyclic) bond motifs is 8. The van der Waals surface area contributed by atoms with Crippen LogP contribution in [-0.2, 0) is 0 Å². The van der Waals surface area contributed by atoms with Gasteiger partial charge in [-0.3, -0.25) is 0 Å². The molecule has 1 aromatic rings. The van der Waals surface area contributed by atoms with E-state index in [1.165, 1.54) is 24.9 Å². The molecule has 1 saturated heterocycles. The number of para-hydroxylation sites is 1. The van der Waals surface area contributed by atoms with Crippen LogP contribution in [0.3, 0.4) is 0 Å². The van der Waals surface area contributed by atoms with Crippen molar-refractivity contribution in [3.8, 4) is 0 Å². The van der Waals surface area contributed by atoms with Crippen LogP contribution in [-0.4, -0.2) is 12.1 Å². The second kappa shape index (κ2) is 2.88. The molecule has 1 heteroatoms. The summed E-state index contributed by atoms with van der Waals surface area (Å²) in [5.74, 6) is 4.32. The van der Waals surface area contributed by atoms with E-state index in [1.807, 2.05) is 0 Å². The van der Waals surface area contributed by atoms with E-state index in [-0.39, 0.29) is 0 Å². The molecule has 3 saturated carbocycles. The summed E-state index contributed by atoms with van der Waals surface area (Å²) >= 11 is 0. The maximum atomic E-state index is 2.73. The van der Waals surface area contributed by atoms with Gasteiger partial charge in [0.1, 0.15) is 0 Å². The van der Waals surface area contributed by atoms with Crippen LogP contribution in [0.5, 0.6) is 0 Å². The van der Waals surface area contributed by atoms with Crippen LogP contribution in [0.25, 0.3) is 0 Å². The highest BCUT2D eigenvalue weighted by Crippen LogP contribution is 2.67. The first-order valence-corrected chi connectivity index (χ1v) is 7.28. The van der Waals surface area contributed by atoms with Gasteiger partial charge >= 0.3 is 0 Å². The van der Waals surface area contributed by atoms with Gasteiger partial charge in [-0.25, -0.2) is 0 Å². The Balaban J connectivity index is 1.49. The Bertz CT molecular complexity index is 432. The van der Waals surface area contributed by atoms with Gasteiger partial charge in [0.05, 0.1) is 12.1 Å². The van der Waals surface area contributed by atoms with Gasteiger partial charge in [-0.15, -0.1) is 0 Å². The predicted molar refractivity (Wildman–Crippen MR) is 68.9 cm³/mol. The van der Waals surface area contributed by atoms with E-state index in [2.05, 4.69) is 35.2 Å². The number of rotatable bonds is 1. The number of anilines is 1. The van der Waals surface area contributed by atoms with Gasteiger partial charge in [-0.05, 0) is 55.1 Å². The summed E-state index contributed by atoms with van der Waals surface area (Å²) in [6, 6.07) is 13.0. The molecule has 17 heavy (non-hydrogen) atoms. The molecule has 2 bridgehead atoms. The number of piperidine rings is 1. The van der Waals surface area contributed by atoms with Gasteiger partial charge in [0.15, 0.2) is 0 Å². The topological polar surface area (TPSA) is 3.01 Å². The molecular weight excluding hydrogens is 206 g/mol. The molecule has 0 aromatic heterocycles. The Morgan fingerprint density at radius 2 is 1.47 bits per heavy atom. The molecule has 4 fully saturated rings. The SMILES string of the molecule is c1ccc(N2[C@@H]3[C@@H]4C[C@H]([C@H]5CCC[C@@H]54)[C@@H]32)cc1. The number of benzene rings is 1. The highest BCUT2D eigenvalue weighted by molar-refractivity contribution is 5.59.